The smallest absolute Gasteiger partial charge is 0.223 e. The zero-order valence-corrected chi connectivity index (χ0v) is 16.9. The number of piperazine rings is 1. The molecule has 1 aromatic rings. The van der Waals surface area contributed by atoms with E-state index >= 15 is 0 Å². The molecule has 0 spiro atoms. The van der Waals surface area contributed by atoms with Gasteiger partial charge in [0.25, 0.3) is 0 Å². The van der Waals surface area contributed by atoms with Gasteiger partial charge in [0.15, 0.2) is 9.84 Å². The van der Waals surface area contributed by atoms with E-state index < -0.39 is 9.84 Å². The Labute approximate surface area is 165 Å². The van der Waals surface area contributed by atoms with E-state index in [-0.39, 0.29) is 29.1 Å². The Morgan fingerprint density at radius 2 is 1.81 bits per heavy atom. The number of hydrogen-bond acceptors (Lipinski definition) is 4. The fraction of sp³-hybridized carbons (Fsp3) is 0.632. The summed E-state index contributed by atoms with van der Waals surface area (Å²) in [5, 5.41) is 0.160. The molecule has 27 heavy (non-hydrogen) atoms. The van der Waals surface area contributed by atoms with Crippen molar-refractivity contribution >= 4 is 27.3 Å². The van der Waals surface area contributed by atoms with Crippen LogP contribution in [-0.2, 0) is 21.2 Å². The average Bonchev–Trinajstić information content (AvgIpc) is 3.18. The number of halogens is 2. The Balaban J connectivity index is 1.45. The highest BCUT2D eigenvalue weighted by atomic mass is 35.5. The van der Waals surface area contributed by atoms with Gasteiger partial charge in [0.1, 0.15) is 5.82 Å². The molecule has 3 rings (SSSR count). The van der Waals surface area contributed by atoms with Crippen LogP contribution in [0.2, 0.25) is 5.02 Å². The van der Waals surface area contributed by atoms with Crippen LogP contribution >= 0.6 is 11.6 Å². The van der Waals surface area contributed by atoms with E-state index in [1.807, 2.05) is 0 Å². The molecule has 2 aliphatic rings. The maximum atomic E-state index is 13.1. The van der Waals surface area contributed by atoms with Crippen LogP contribution in [0.15, 0.2) is 18.2 Å². The van der Waals surface area contributed by atoms with Gasteiger partial charge in [-0.05, 0) is 30.5 Å². The summed E-state index contributed by atoms with van der Waals surface area (Å²) in [7, 11) is -3.16. The highest BCUT2D eigenvalue weighted by molar-refractivity contribution is 7.92. The van der Waals surface area contributed by atoms with Gasteiger partial charge in [0, 0.05) is 44.2 Å². The summed E-state index contributed by atoms with van der Waals surface area (Å²) >= 11 is 6.08. The summed E-state index contributed by atoms with van der Waals surface area (Å²) in [6, 6.07) is 4.39. The van der Waals surface area contributed by atoms with Crippen molar-refractivity contribution in [2.75, 3.05) is 31.9 Å². The van der Waals surface area contributed by atoms with E-state index in [0.29, 0.717) is 37.7 Å². The van der Waals surface area contributed by atoms with Crippen LogP contribution in [0.3, 0.4) is 0 Å². The van der Waals surface area contributed by atoms with Gasteiger partial charge in [-0.25, -0.2) is 12.8 Å². The molecule has 0 bridgehead atoms. The lowest BCUT2D eigenvalue weighted by atomic mass is 10.2. The third-order valence-electron chi connectivity index (χ3n) is 5.54. The minimum absolute atomic E-state index is 0.0398. The first-order valence-electron chi connectivity index (χ1n) is 9.51. The molecule has 1 aliphatic heterocycles. The van der Waals surface area contributed by atoms with Crippen molar-refractivity contribution in [3.63, 3.8) is 0 Å². The van der Waals surface area contributed by atoms with Gasteiger partial charge in [-0.2, -0.15) is 0 Å². The zero-order chi connectivity index (χ0) is 19.4. The van der Waals surface area contributed by atoms with Crippen molar-refractivity contribution in [3.05, 3.63) is 34.6 Å². The van der Waals surface area contributed by atoms with Crippen molar-refractivity contribution in [2.45, 2.75) is 43.9 Å². The van der Waals surface area contributed by atoms with Crippen LogP contribution in [-0.4, -0.2) is 61.3 Å². The largest absolute Gasteiger partial charge is 0.340 e. The fourth-order valence-corrected chi connectivity index (χ4v) is 5.92. The predicted molar refractivity (Wildman–Crippen MR) is 104 cm³/mol. The second kappa shape index (κ2) is 8.88. The predicted octanol–water partition coefficient (Wildman–Crippen LogP) is 2.87. The molecule has 0 unspecified atom stereocenters. The molecule has 8 heteroatoms. The molecular weight excluding hydrogens is 391 g/mol. The van der Waals surface area contributed by atoms with E-state index in [2.05, 4.69) is 4.90 Å². The number of carbonyl (C=O) groups is 1. The molecule has 0 atom stereocenters. The Hall–Kier alpha value is -1.18. The summed E-state index contributed by atoms with van der Waals surface area (Å²) in [6.45, 7) is 3.13. The molecular formula is C19H26ClFN2O3S. The van der Waals surface area contributed by atoms with Crippen molar-refractivity contribution < 1.29 is 17.6 Å². The molecule has 0 aromatic heterocycles. The average molecular weight is 417 g/mol. The van der Waals surface area contributed by atoms with Crippen LogP contribution in [0.25, 0.3) is 0 Å². The number of rotatable bonds is 6. The Bertz CT molecular complexity index is 773. The fourth-order valence-electron chi connectivity index (χ4n) is 3.85. The standard InChI is InChI=1S/C19H26ClFN2O3S/c20-18-13-16(21)6-5-15(18)14-22-8-10-23(11-9-22)19(24)7-12-27(25,26)17-3-1-2-4-17/h5-6,13,17H,1-4,7-12,14H2. The van der Waals surface area contributed by atoms with Gasteiger partial charge in [-0.1, -0.05) is 30.5 Å². The molecule has 1 heterocycles. The number of benzene rings is 1. The normalized spacial score (nSPS) is 19.6. The van der Waals surface area contributed by atoms with Crippen LogP contribution in [0.4, 0.5) is 4.39 Å². The summed E-state index contributed by atoms with van der Waals surface area (Å²) in [6.07, 6.45) is 3.49. The lowest BCUT2D eigenvalue weighted by Crippen LogP contribution is -2.48. The molecule has 5 nitrogen and oxygen atoms in total. The Morgan fingerprint density at radius 3 is 2.44 bits per heavy atom. The number of sulfone groups is 1. The van der Waals surface area contributed by atoms with E-state index in [4.69, 9.17) is 11.6 Å². The second-order valence-corrected chi connectivity index (χ2v) is 10.2. The molecule has 1 saturated carbocycles. The highest BCUT2D eigenvalue weighted by Crippen LogP contribution is 2.26. The van der Waals surface area contributed by atoms with Gasteiger partial charge in [-0.15, -0.1) is 0 Å². The number of amides is 1. The van der Waals surface area contributed by atoms with E-state index in [9.17, 15) is 17.6 Å². The minimum atomic E-state index is -3.16. The summed E-state index contributed by atoms with van der Waals surface area (Å²) in [5.41, 5.74) is 0.862. The molecule has 1 saturated heterocycles. The maximum Gasteiger partial charge on any atom is 0.223 e. The number of carbonyl (C=O) groups excluding carboxylic acids is 1. The summed E-state index contributed by atoms with van der Waals surface area (Å²) in [4.78, 5) is 16.3. The van der Waals surface area contributed by atoms with Crippen LogP contribution < -0.4 is 0 Å². The highest BCUT2D eigenvalue weighted by Gasteiger charge is 2.30. The topological polar surface area (TPSA) is 57.7 Å². The maximum absolute atomic E-state index is 13.1. The lowest BCUT2D eigenvalue weighted by Gasteiger charge is -2.35. The summed E-state index contributed by atoms with van der Waals surface area (Å²) in [5.74, 6) is -0.482. The van der Waals surface area contributed by atoms with Gasteiger partial charge < -0.3 is 4.90 Å². The Morgan fingerprint density at radius 1 is 1.15 bits per heavy atom. The first kappa shape index (κ1) is 20.6. The monoisotopic (exact) mass is 416 g/mol. The molecule has 0 radical (unpaired) electrons. The van der Waals surface area contributed by atoms with Crippen LogP contribution in [0.5, 0.6) is 0 Å². The van der Waals surface area contributed by atoms with Crippen molar-refractivity contribution in [1.82, 2.24) is 9.80 Å². The SMILES string of the molecule is O=C(CCS(=O)(=O)C1CCCC1)N1CCN(Cc2ccc(F)cc2Cl)CC1. The van der Waals surface area contributed by atoms with Gasteiger partial charge in [0.05, 0.1) is 11.0 Å². The van der Waals surface area contributed by atoms with Gasteiger partial charge >= 0.3 is 0 Å². The molecule has 1 amide bonds. The van der Waals surface area contributed by atoms with Gasteiger partial charge in [-0.3, -0.25) is 9.69 Å². The quantitative estimate of drug-likeness (QED) is 0.715. The third kappa shape index (κ3) is 5.42. The van der Waals surface area contributed by atoms with Crippen molar-refractivity contribution in [2.24, 2.45) is 0 Å². The van der Waals surface area contributed by atoms with E-state index in [0.717, 1.165) is 31.2 Å². The van der Waals surface area contributed by atoms with Gasteiger partial charge in [0.2, 0.25) is 5.91 Å². The number of nitrogens with zero attached hydrogens (tertiary/aromatic N) is 2. The first-order chi connectivity index (χ1) is 12.8. The molecule has 0 N–H and O–H groups in total. The lowest BCUT2D eigenvalue weighted by molar-refractivity contribution is -0.132. The van der Waals surface area contributed by atoms with E-state index in [1.54, 1.807) is 11.0 Å². The Kier molecular flexibility index (Phi) is 6.76. The van der Waals surface area contributed by atoms with Crippen molar-refractivity contribution in [1.29, 1.82) is 0 Å². The minimum Gasteiger partial charge on any atom is -0.340 e. The second-order valence-electron chi connectivity index (χ2n) is 7.42. The number of hydrogen-bond donors (Lipinski definition) is 0. The first-order valence-corrected chi connectivity index (χ1v) is 11.6. The summed E-state index contributed by atoms with van der Waals surface area (Å²) < 4.78 is 37.8. The molecule has 2 fully saturated rings. The molecule has 150 valence electrons. The van der Waals surface area contributed by atoms with Crippen LogP contribution in [0, 0.1) is 5.82 Å². The zero-order valence-electron chi connectivity index (χ0n) is 15.4. The van der Waals surface area contributed by atoms with Crippen molar-refractivity contribution in [3.8, 4) is 0 Å². The third-order valence-corrected chi connectivity index (χ3v) is 8.16. The molecule has 1 aliphatic carbocycles. The van der Waals surface area contributed by atoms with E-state index in [1.165, 1.54) is 12.1 Å². The van der Waals surface area contributed by atoms with Crippen LogP contribution in [0.1, 0.15) is 37.7 Å². The molecule has 1 aromatic carbocycles.